The highest BCUT2D eigenvalue weighted by Crippen LogP contribution is 2.15. The normalized spacial score (nSPS) is 9.86. The van der Waals surface area contributed by atoms with Crippen molar-refractivity contribution in [3.05, 3.63) is 45.4 Å². The van der Waals surface area contributed by atoms with Crippen LogP contribution in [0, 0.1) is 0 Å². The minimum atomic E-state index is 1.06. The van der Waals surface area contributed by atoms with Gasteiger partial charge in [0.05, 0.1) is 3.39 Å². The van der Waals surface area contributed by atoms with Crippen LogP contribution < -0.4 is 0 Å². The Morgan fingerprint density at radius 2 is 1.79 bits per heavy atom. The first-order valence-corrected chi connectivity index (χ1v) is 6.43. The molecule has 0 bridgehead atoms. The van der Waals surface area contributed by atoms with Crippen molar-refractivity contribution in [2.45, 2.75) is 25.7 Å². The molecular weight excluding hydrogens is 304 g/mol. The summed E-state index contributed by atoms with van der Waals surface area (Å²) in [5, 5.41) is 0. The molecule has 1 rings (SSSR count). The fraction of sp³-hybridized carbons (Fsp3) is 0.333. The van der Waals surface area contributed by atoms with Gasteiger partial charge in [0.25, 0.3) is 0 Å². The largest absolute Gasteiger partial charge is 0.0632 e. The average molecular weight is 318 g/mol. The van der Waals surface area contributed by atoms with Crippen LogP contribution in [-0.2, 0) is 6.42 Å². The van der Waals surface area contributed by atoms with E-state index in [2.05, 4.69) is 68.3 Å². The molecule has 0 aromatic heterocycles. The Hall–Kier alpha value is -0.0800. The van der Waals surface area contributed by atoms with Gasteiger partial charge in [-0.1, -0.05) is 36.4 Å². The van der Waals surface area contributed by atoms with E-state index in [0.29, 0.717) is 0 Å². The van der Waals surface area contributed by atoms with Crippen molar-refractivity contribution >= 4 is 31.9 Å². The standard InChI is InChI=1S/C12H14Br2/c13-12(14)10-6-2-5-9-11-7-3-1-4-8-11/h1,3-4,7-8,10H,2,5-6,9H2. The molecule has 0 aliphatic heterocycles. The minimum absolute atomic E-state index is 1.06. The number of halogens is 2. The lowest BCUT2D eigenvalue weighted by Crippen LogP contribution is -1.83. The van der Waals surface area contributed by atoms with Crippen LogP contribution in [-0.4, -0.2) is 0 Å². The molecule has 2 heteroatoms. The molecule has 1 aromatic carbocycles. The summed E-state index contributed by atoms with van der Waals surface area (Å²) >= 11 is 6.70. The molecule has 0 N–H and O–H groups in total. The lowest BCUT2D eigenvalue weighted by molar-refractivity contribution is 0.748. The van der Waals surface area contributed by atoms with Gasteiger partial charge < -0.3 is 0 Å². The maximum Gasteiger partial charge on any atom is 0.0564 e. The number of rotatable bonds is 5. The first kappa shape index (κ1) is 12.0. The van der Waals surface area contributed by atoms with Gasteiger partial charge >= 0.3 is 0 Å². The molecular formula is C12H14Br2. The number of benzene rings is 1. The van der Waals surface area contributed by atoms with Crippen molar-refractivity contribution in [1.29, 1.82) is 0 Å². The van der Waals surface area contributed by atoms with Gasteiger partial charge in [-0.05, 0) is 63.1 Å². The maximum absolute atomic E-state index is 3.35. The lowest BCUT2D eigenvalue weighted by Gasteiger charge is -1.99. The van der Waals surface area contributed by atoms with Gasteiger partial charge in [-0.3, -0.25) is 0 Å². The van der Waals surface area contributed by atoms with Crippen LogP contribution in [0.5, 0.6) is 0 Å². The molecule has 0 aliphatic rings. The molecule has 0 fully saturated rings. The molecule has 0 atom stereocenters. The summed E-state index contributed by atoms with van der Waals surface area (Å²) in [6.45, 7) is 0. The number of unbranched alkanes of at least 4 members (excludes halogenated alkanes) is 2. The van der Waals surface area contributed by atoms with Crippen LogP contribution in [0.3, 0.4) is 0 Å². The third-order valence-corrected chi connectivity index (χ3v) is 2.71. The zero-order valence-corrected chi connectivity index (χ0v) is 11.2. The van der Waals surface area contributed by atoms with Gasteiger partial charge in [-0.2, -0.15) is 0 Å². The first-order chi connectivity index (χ1) is 6.79. The number of allylic oxidation sites excluding steroid dienone is 1. The van der Waals surface area contributed by atoms with E-state index in [1.807, 2.05) is 0 Å². The molecule has 76 valence electrons. The van der Waals surface area contributed by atoms with Crippen molar-refractivity contribution < 1.29 is 0 Å². The zero-order chi connectivity index (χ0) is 10.2. The minimum Gasteiger partial charge on any atom is -0.0632 e. The predicted octanol–water partition coefficient (Wildman–Crippen LogP) is 5.03. The predicted molar refractivity (Wildman–Crippen MR) is 69.9 cm³/mol. The molecule has 0 heterocycles. The topological polar surface area (TPSA) is 0 Å². The zero-order valence-electron chi connectivity index (χ0n) is 8.05. The Bertz CT molecular complexity index is 274. The first-order valence-electron chi connectivity index (χ1n) is 4.84. The van der Waals surface area contributed by atoms with E-state index < -0.39 is 0 Å². The molecule has 0 nitrogen and oxygen atoms in total. The highest BCUT2D eigenvalue weighted by molar-refractivity contribution is 9.28. The molecule has 0 spiro atoms. The van der Waals surface area contributed by atoms with Gasteiger partial charge in [-0.25, -0.2) is 0 Å². The second-order valence-electron chi connectivity index (χ2n) is 3.23. The Kier molecular flexibility index (Phi) is 6.20. The van der Waals surface area contributed by atoms with Crippen LogP contribution in [0.4, 0.5) is 0 Å². The van der Waals surface area contributed by atoms with E-state index in [1.165, 1.54) is 24.8 Å². The van der Waals surface area contributed by atoms with Gasteiger partial charge in [0, 0.05) is 0 Å². The lowest BCUT2D eigenvalue weighted by atomic mass is 10.1. The molecule has 0 saturated carbocycles. The fourth-order valence-electron chi connectivity index (χ4n) is 1.33. The van der Waals surface area contributed by atoms with Gasteiger partial charge in [0.15, 0.2) is 0 Å². The van der Waals surface area contributed by atoms with Crippen molar-refractivity contribution in [1.82, 2.24) is 0 Å². The quantitative estimate of drug-likeness (QED) is 0.668. The van der Waals surface area contributed by atoms with E-state index in [-0.39, 0.29) is 0 Å². The molecule has 0 unspecified atom stereocenters. The highest BCUT2D eigenvalue weighted by Gasteiger charge is 1.91. The summed E-state index contributed by atoms with van der Waals surface area (Å²) in [5.74, 6) is 0. The molecule has 0 aliphatic carbocycles. The molecule has 14 heavy (non-hydrogen) atoms. The third kappa shape index (κ3) is 5.61. The van der Waals surface area contributed by atoms with Crippen molar-refractivity contribution in [2.75, 3.05) is 0 Å². The van der Waals surface area contributed by atoms with Crippen LogP contribution in [0.25, 0.3) is 0 Å². The Labute approximate surface area is 103 Å². The van der Waals surface area contributed by atoms with Crippen molar-refractivity contribution in [3.63, 3.8) is 0 Å². The van der Waals surface area contributed by atoms with Gasteiger partial charge in [0.1, 0.15) is 0 Å². The number of hydrogen-bond donors (Lipinski definition) is 0. The fourth-order valence-corrected chi connectivity index (χ4v) is 1.79. The molecule has 1 aromatic rings. The van der Waals surface area contributed by atoms with Gasteiger partial charge in [-0.15, -0.1) is 0 Å². The van der Waals surface area contributed by atoms with Crippen molar-refractivity contribution in [3.8, 4) is 0 Å². The Balaban J connectivity index is 2.14. The SMILES string of the molecule is BrC(Br)=CCCCCc1ccccc1. The van der Waals surface area contributed by atoms with Crippen LogP contribution in [0.15, 0.2) is 39.8 Å². The summed E-state index contributed by atoms with van der Waals surface area (Å²) in [5.41, 5.74) is 1.44. The van der Waals surface area contributed by atoms with Crippen LogP contribution >= 0.6 is 31.9 Å². The van der Waals surface area contributed by atoms with Crippen LogP contribution in [0.2, 0.25) is 0 Å². The summed E-state index contributed by atoms with van der Waals surface area (Å²) < 4.78 is 1.06. The Morgan fingerprint density at radius 1 is 1.07 bits per heavy atom. The number of aryl methyl sites for hydroxylation is 1. The van der Waals surface area contributed by atoms with E-state index in [9.17, 15) is 0 Å². The third-order valence-electron chi connectivity index (χ3n) is 2.06. The molecule has 0 saturated heterocycles. The Morgan fingerprint density at radius 3 is 2.43 bits per heavy atom. The van der Waals surface area contributed by atoms with Gasteiger partial charge in [0.2, 0.25) is 0 Å². The monoisotopic (exact) mass is 316 g/mol. The second-order valence-corrected chi connectivity index (χ2v) is 6.00. The molecule has 0 amide bonds. The average Bonchev–Trinajstić information content (AvgIpc) is 2.18. The van der Waals surface area contributed by atoms with E-state index >= 15 is 0 Å². The molecule has 0 radical (unpaired) electrons. The maximum atomic E-state index is 3.35. The summed E-state index contributed by atoms with van der Waals surface area (Å²) in [4.78, 5) is 0. The summed E-state index contributed by atoms with van der Waals surface area (Å²) in [6.07, 6.45) is 6.99. The highest BCUT2D eigenvalue weighted by atomic mass is 79.9. The second kappa shape index (κ2) is 7.24. The summed E-state index contributed by atoms with van der Waals surface area (Å²) in [6, 6.07) is 10.6. The van der Waals surface area contributed by atoms with Crippen LogP contribution in [0.1, 0.15) is 24.8 Å². The van der Waals surface area contributed by atoms with E-state index in [1.54, 1.807) is 0 Å². The number of hydrogen-bond acceptors (Lipinski definition) is 0. The smallest absolute Gasteiger partial charge is 0.0564 e. The van der Waals surface area contributed by atoms with E-state index in [4.69, 9.17) is 0 Å². The summed E-state index contributed by atoms with van der Waals surface area (Å²) in [7, 11) is 0. The van der Waals surface area contributed by atoms with E-state index in [0.717, 1.165) is 9.81 Å². The van der Waals surface area contributed by atoms with Crippen molar-refractivity contribution in [2.24, 2.45) is 0 Å².